The average Bonchev–Trinajstić information content (AvgIpc) is 2.69. The molecular formula is C18H26N2O8. The summed E-state index contributed by atoms with van der Waals surface area (Å²) in [5, 5.41) is 0. The van der Waals surface area contributed by atoms with Crippen molar-refractivity contribution in [3.8, 4) is 0 Å². The normalized spacial score (nSPS) is 16.7. The fourth-order valence-electron chi connectivity index (χ4n) is 2.28. The van der Waals surface area contributed by atoms with Crippen LogP contribution in [0.5, 0.6) is 0 Å². The van der Waals surface area contributed by atoms with Gasteiger partial charge in [0, 0.05) is 57.0 Å². The molecule has 0 radical (unpaired) electrons. The molecule has 0 aromatic carbocycles. The monoisotopic (exact) mass is 398 g/mol. The standard InChI is InChI=1S/C18H26N2O8/c1-19-8-10-20(11-9-19)12-14(28-18(24)7-5-16(22)26-3)13-27-17(23)6-4-15(21)25-2/h4-7,14H,8-13H2,1-3H3/b6-4+,7-5+. The van der Waals surface area contributed by atoms with Crippen LogP contribution in [0.3, 0.4) is 0 Å². The van der Waals surface area contributed by atoms with Gasteiger partial charge in [-0.25, -0.2) is 19.2 Å². The molecule has 1 rings (SSSR count). The van der Waals surface area contributed by atoms with Crippen LogP contribution in [0.1, 0.15) is 0 Å². The van der Waals surface area contributed by atoms with E-state index in [9.17, 15) is 19.2 Å². The van der Waals surface area contributed by atoms with Crippen molar-refractivity contribution in [2.45, 2.75) is 6.10 Å². The Balaban J connectivity index is 2.63. The summed E-state index contributed by atoms with van der Waals surface area (Å²) in [5.74, 6) is -2.90. The largest absolute Gasteiger partial charge is 0.466 e. The third-order valence-electron chi connectivity index (χ3n) is 3.87. The van der Waals surface area contributed by atoms with E-state index in [1.54, 1.807) is 0 Å². The summed E-state index contributed by atoms with van der Waals surface area (Å²) in [6, 6.07) is 0. The van der Waals surface area contributed by atoms with Gasteiger partial charge in [-0.05, 0) is 7.05 Å². The highest BCUT2D eigenvalue weighted by atomic mass is 16.6. The number of ether oxygens (including phenoxy) is 4. The first-order valence-electron chi connectivity index (χ1n) is 8.64. The van der Waals surface area contributed by atoms with Crippen LogP contribution in [0.2, 0.25) is 0 Å². The van der Waals surface area contributed by atoms with Crippen LogP contribution in [-0.2, 0) is 38.1 Å². The molecular weight excluding hydrogens is 372 g/mol. The molecule has 0 amide bonds. The van der Waals surface area contributed by atoms with Crippen molar-refractivity contribution in [1.29, 1.82) is 0 Å². The predicted octanol–water partition coefficient (Wildman–Crippen LogP) is -0.853. The van der Waals surface area contributed by atoms with E-state index in [4.69, 9.17) is 9.47 Å². The molecule has 10 heteroatoms. The lowest BCUT2D eigenvalue weighted by atomic mass is 10.2. The summed E-state index contributed by atoms with van der Waals surface area (Å²) in [4.78, 5) is 49.9. The second kappa shape index (κ2) is 12.6. The van der Waals surface area contributed by atoms with Crippen LogP contribution in [0, 0.1) is 0 Å². The Morgan fingerprint density at radius 3 is 1.86 bits per heavy atom. The minimum atomic E-state index is -0.769. The zero-order valence-corrected chi connectivity index (χ0v) is 16.3. The molecule has 0 spiro atoms. The zero-order chi connectivity index (χ0) is 20.9. The van der Waals surface area contributed by atoms with Crippen molar-refractivity contribution in [2.75, 3.05) is 60.6 Å². The molecule has 1 unspecified atom stereocenters. The topological polar surface area (TPSA) is 112 Å². The van der Waals surface area contributed by atoms with E-state index < -0.39 is 30.0 Å². The second-order valence-electron chi connectivity index (χ2n) is 6.01. The fourth-order valence-corrected chi connectivity index (χ4v) is 2.28. The highest BCUT2D eigenvalue weighted by molar-refractivity contribution is 5.92. The zero-order valence-electron chi connectivity index (χ0n) is 16.3. The predicted molar refractivity (Wildman–Crippen MR) is 97.1 cm³/mol. The lowest BCUT2D eigenvalue weighted by molar-refractivity contribution is -0.154. The van der Waals surface area contributed by atoms with E-state index in [1.807, 2.05) is 7.05 Å². The van der Waals surface area contributed by atoms with Gasteiger partial charge in [-0.1, -0.05) is 0 Å². The Morgan fingerprint density at radius 1 is 0.821 bits per heavy atom. The summed E-state index contributed by atoms with van der Waals surface area (Å²) >= 11 is 0. The molecule has 0 aliphatic carbocycles. The molecule has 1 atom stereocenters. The molecule has 0 aromatic heterocycles. The van der Waals surface area contributed by atoms with E-state index in [2.05, 4.69) is 19.3 Å². The Morgan fingerprint density at radius 2 is 1.32 bits per heavy atom. The molecule has 1 aliphatic rings. The SMILES string of the molecule is COC(=O)/C=C/C(=O)OCC(CN1CCN(C)CC1)OC(=O)/C=C/C(=O)OC. The maximum atomic E-state index is 11.9. The van der Waals surface area contributed by atoms with Crippen molar-refractivity contribution in [3.63, 3.8) is 0 Å². The van der Waals surface area contributed by atoms with Crippen LogP contribution in [0.4, 0.5) is 0 Å². The van der Waals surface area contributed by atoms with Crippen LogP contribution < -0.4 is 0 Å². The molecule has 156 valence electrons. The molecule has 1 fully saturated rings. The molecule has 10 nitrogen and oxygen atoms in total. The molecule has 1 aliphatic heterocycles. The Hall–Kier alpha value is -2.72. The number of esters is 4. The van der Waals surface area contributed by atoms with Gasteiger partial charge in [0.2, 0.25) is 0 Å². The van der Waals surface area contributed by atoms with Crippen LogP contribution in [-0.4, -0.2) is 100 Å². The minimum Gasteiger partial charge on any atom is -0.466 e. The van der Waals surface area contributed by atoms with Crippen molar-refractivity contribution in [2.24, 2.45) is 0 Å². The lowest BCUT2D eigenvalue weighted by Crippen LogP contribution is -2.48. The lowest BCUT2D eigenvalue weighted by Gasteiger charge is -2.34. The molecule has 1 heterocycles. The Kier molecular flexibility index (Phi) is 10.5. The van der Waals surface area contributed by atoms with Gasteiger partial charge in [-0.3, -0.25) is 4.90 Å². The summed E-state index contributed by atoms with van der Waals surface area (Å²) in [6.45, 7) is 3.45. The number of rotatable bonds is 9. The van der Waals surface area contributed by atoms with Crippen molar-refractivity contribution in [3.05, 3.63) is 24.3 Å². The maximum Gasteiger partial charge on any atom is 0.331 e. The minimum absolute atomic E-state index is 0.200. The molecule has 0 aromatic rings. The van der Waals surface area contributed by atoms with Crippen molar-refractivity contribution in [1.82, 2.24) is 9.80 Å². The van der Waals surface area contributed by atoms with Crippen molar-refractivity contribution >= 4 is 23.9 Å². The molecule has 28 heavy (non-hydrogen) atoms. The molecule has 0 N–H and O–H groups in total. The first kappa shape index (κ1) is 23.3. The Bertz CT molecular complexity index is 609. The number of carbonyl (C=O) groups excluding carboxylic acids is 4. The third-order valence-corrected chi connectivity index (χ3v) is 3.87. The van der Waals surface area contributed by atoms with Crippen LogP contribution in [0.15, 0.2) is 24.3 Å². The number of likely N-dealkylation sites (N-methyl/N-ethyl adjacent to an activating group) is 1. The highest BCUT2D eigenvalue weighted by Crippen LogP contribution is 2.05. The summed E-state index contributed by atoms with van der Waals surface area (Å²) in [6.07, 6.45) is 3.01. The number of methoxy groups -OCH3 is 2. The first-order valence-corrected chi connectivity index (χ1v) is 8.64. The van der Waals surface area contributed by atoms with Gasteiger partial charge >= 0.3 is 23.9 Å². The summed E-state index contributed by atoms with van der Waals surface area (Å²) in [5.41, 5.74) is 0. The van der Waals surface area contributed by atoms with Crippen LogP contribution >= 0.6 is 0 Å². The van der Waals surface area contributed by atoms with E-state index in [1.165, 1.54) is 14.2 Å². The average molecular weight is 398 g/mol. The first-order chi connectivity index (χ1) is 13.3. The second-order valence-corrected chi connectivity index (χ2v) is 6.01. The summed E-state index contributed by atoms with van der Waals surface area (Å²) in [7, 11) is 4.39. The Labute approximate surface area is 163 Å². The highest BCUT2D eigenvalue weighted by Gasteiger charge is 2.22. The molecule has 0 saturated carbocycles. The van der Waals surface area contributed by atoms with Gasteiger partial charge in [0.05, 0.1) is 14.2 Å². The van der Waals surface area contributed by atoms with Crippen molar-refractivity contribution < 1.29 is 38.1 Å². The van der Waals surface area contributed by atoms with E-state index >= 15 is 0 Å². The van der Waals surface area contributed by atoms with Gasteiger partial charge in [0.1, 0.15) is 12.7 Å². The van der Waals surface area contributed by atoms with Gasteiger partial charge in [0.25, 0.3) is 0 Å². The van der Waals surface area contributed by atoms with E-state index in [0.717, 1.165) is 50.5 Å². The van der Waals surface area contributed by atoms with Gasteiger partial charge in [-0.15, -0.1) is 0 Å². The van der Waals surface area contributed by atoms with Crippen LogP contribution in [0.25, 0.3) is 0 Å². The smallest absolute Gasteiger partial charge is 0.331 e. The quantitative estimate of drug-likeness (QED) is 0.276. The molecule has 0 bridgehead atoms. The third kappa shape index (κ3) is 9.83. The van der Waals surface area contributed by atoms with Gasteiger partial charge in [-0.2, -0.15) is 0 Å². The van der Waals surface area contributed by atoms with Gasteiger partial charge < -0.3 is 23.8 Å². The number of hydrogen-bond acceptors (Lipinski definition) is 10. The number of piperazine rings is 1. The maximum absolute atomic E-state index is 11.9. The number of hydrogen-bond donors (Lipinski definition) is 0. The van der Waals surface area contributed by atoms with E-state index in [0.29, 0.717) is 6.54 Å². The van der Waals surface area contributed by atoms with E-state index in [-0.39, 0.29) is 6.61 Å². The summed E-state index contributed by atoms with van der Waals surface area (Å²) < 4.78 is 19.1. The fraction of sp³-hybridized carbons (Fsp3) is 0.556. The number of nitrogens with zero attached hydrogens (tertiary/aromatic N) is 2. The van der Waals surface area contributed by atoms with Gasteiger partial charge in [0.15, 0.2) is 0 Å². The number of carbonyl (C=O) groups is 4. The molecule has 1 saturated heterocycles.